The fourth-order valence-electron chi connectivity index (χ4n) is 1.14. The maximum Gasteiger partial charge on any atom is 0.336 e. The Bertz CT molecular complexity index is 389. The summed E-state index contributed by atoms with van der Waals surface area (Å²) in [5.74, 6) is -1.59. The van der Waals surface area contributed by atoms with Crippen molar-refractivity contribution in [2.45, 2.75) is 4.83 Å². The van der Waals surface area contributed by atoms with Crippen molar-refractivity contribution in [3.8, 4) is 0 Å². The first-order chi connectivity index (χ1) is 7.07. The van der Waals surface area contributed by atoms with Crippen LogP contribution in [0.1, 0.15) is 20.7 Å². The summed E-state index contributed by atoms with van der Waals surface area (Å²) in [4.78, 5) is 21.3. The van der Waals surface area contributed by atoms with Gasteiger partial charge in [-0.15, -0.1) is 0 Å². The van der Waals surface area contributed by atoms with E-state index in [-0.39, 0.29) is 5.56 Å². The Morgan fingerprint density at radius 2 is 2.00 bits per heavy atom. The Labute approximate surface area is 95.0 Å². The van der Waals surface area contributed by atoms with E-state index in [1.807, 2.05) is 0 Å². The lowest BCUT2D eigenvalue weighted by Gasteiger charge is -2.10. The molecule has 4 nitrogen and oxygen atoms in total. The summed E-state index contributed by atoms with van der Waals surface area (Å²) in [7, 11) is 1.25. The Morgan fingerprint density at radius 3 is 2.53 bits per heavy atom. The van der Waals surface area contributed by atoms with Gasteiger partial charge in [0.1, 0.15) is 4.83 Å². The van der Waals surface area contributed by atoms with Crippen molar-refractivity contribution in [2.75, 3.05) is 7.11 Å². The second kappa shape index (κ2) is 4.93. The lowest BCUT2D eigenvalue weighted by atomic mass is 10.0. The Kier molecular flexibility index (Phi) is 3.85. The molecule has 1 atom stereocenters. The minimum atomic E-state index is -1.07. The van der Waals surface area contributed by atoms with Gasteiger partial charge in [0.05, 0.1) is 12.7 Å². The van der Waals surface area contributed by atoms with E-state index in [1.165, 1.54) is 13.2 Å². The number of hydrogen-bond acceptors (Lipinski definition) is 3. The summed E-state index contributed by atoms with van der Waals surface area (Å²) in [6.45, 7) is 0. The van der Waals surface area contributed by atoms with Crippen LogP contribution in [-0.4, -0.2) is 24.2 Å². The van der Waals surface area contributed by atoms with E-state index in [0.717, 1.165) is 0 Å². The standard InChI is InChI=1S/C10H9BrO4/c1-15-10(14)8(11)6-4-2-3-5-7(6)9(12)13/h2-5,8H,1H3,(H,12,13). The number of esters is 1. The highest BCUT2D eigenvalue weighted by molar-refractivity contribution is 9.09. The molecule has 0 aliphatic carbocycles. The number of methoxy groups -OCH3 is 1. The Morgan fingerprint density at radius 1 is 1.40 bits per heavy atom. The molecule has 0 aliphatic rings. The minimum absolute atomic E-state index is 0.0878. The zero-order valence-corrected chi connectivity index (χ0v) is 9.52. The molecule has 5 heteroatoms. The van der Waals surface area contributed by atoms with E-state index in [9.17, 15) is 9.59 Å². The van der Waals surface area contributed by atoms with Crippen LogP contribution < -0.4 is 0 Å². The molecule has 0 fully saturated rings. The first-order valence-electron chi connectivity index (χ1n) is 4.12. The quantitative estimate of drug-likeness (QED) is 0.675. The summed E-state index contributed by atoms with van der Waals surface area (Å²) >= 11 is 3.09. The predicted molar refractivity (Wildman–Crippen MR) is 57.1 cm³/mol. The fraction of sp³-hybridized carbons (Fsp3) is 0.200. The smallest absolute Gasteiger partial charge is 0.336 e. The number of hydrogen-bond donors (Lipinski definition) is 1. The number of ether oxygens (including phenoxy) is 1. The molecule has 0 aliphatic heterocycles. The average molecular weight is 273 g/mol. The highest BCUT2D eigenvalue weighted by Gasteiger charge is 2.22. The van der Waals surface area contributed by atoms with Gasteiger partial charge in [0.2, 0.25) is 0 Å². The van der Waals surface area contributed by atoms with Crippen LogP contribution in [0.2, 0.25) is 0 Å². The van der Waals surface area contributed by atoms with Gasteiger partial charge in [-0.3, -0.25) is 4.79 Å². The molecule has 1 rings (SSSR count). The third-order valence-corrected chi connectivity index (χ3v) is 2.74. The van der Waals surface area contributed by atoms with Gasteiger partial charge in [0.15, 0.2) is 0 Å². The fourth-order valence-corrected chi connectivity index (χ4v) is 1.73. The third-order valence-electron chi connectivity index (χ3n) is 1.87. The molecular weight excluding hydrogens is 264 g/mol. The van der Waals surface area contributed by atoms with E-state index >= 15 is 0 Å². The van der Waals surface area contributed by atoms with Crippen molar-refractivity contribution in [2.24, 2.45) is 0 Å². The van der Waals surface area contributed by atoms with Gasteiger partial charge in [-0.05, 0) is 11.6 Å². The zero-order chi connectivity index (χ0) is 11.4. The van der Waals surface area contributed by atoms with Crippen molar-refractivity contribution in [1.29, 1.82) is 0 Å². The van der Waals surface area contributed by atoms with Gasteiger partial charge in [-0.25, -0.2) is 4.79 Å². The number of halogens is 1. The molecule has 0 amide bonds. The summed E-state index contributed by atoms with van der Waals surface area (Å²) in [5.41, 5.74) is 0.474. The number of alkyl halides is 1. The van der Waals surface area contributed by atoms with Crippen molar-refractivity contribution in [3.63, 3.8) is 0 Å². The molecule has 0 heterocycles. The van der Waals surface area contributed by atoms with Crippen molar-refractivity contribution in [1.82, 2.24) is 0 Å². The van der Waals surface area contributed by atoms with Gasteiger partial charge in [0.25, 0.3) is 0 Å². The van der Waals surface area contributed by atoms with E-state index in [2.05, 4.69) is 20.7 Å². The van der Waals surface area contributed by atoms with Gasteiger partial charge < -0.3 is 9.84 Å². The normalized spacial score (nSPS) is 11.9. The van der Waals surface area contributed by atoms with Crippen LogP contribution in [0.5, 0.6) is 0 Å². The van der Waals surface area contributed by atoms with Crippen LogP contribution in [-0.2, 0) is 9.53 Å². The van der Waals surface area contributed by atoms with Crippen molar-refractivity contribution < 1.29 is 19.4 Å². The van der Waals surface area contributed by atoms with Gasteiger partial charge in [0, 0.05) is 0 Å². The van der Waals surface area contributed by atoms with E-state index in [4.69, 9.17) is 5.11 Å². The zero-order valence-electron chi connectivity index (χ0n) is 7.94. The lowest BCUT2D eigenvalue weighted by molar-refractivity contribution is -0.139. The number of aromatic carboxylic acids is 1. The summed E-state index contributed by atoms with van der Waals surface area (Å²) in [6, 6.07) is 6.28. The third kappa shape index (κ3) is 2.56. The topological polar surface area (TPSA) is 63.6 Å². The number of carbonyl (C=O) groups is 2. The molecule has 1 aromatic rings. The minimum Gasteiger partial charge on any atom is -0.478 e. The molecular formula is C10H9BrO4. The molecule has 0 spiro atoms. The molecule has 1 unspecified atom stereocenters. The second-order valence-corrected chi connectivity index (χ2v) is 3.69. The summed E-state index contributed by atoms with van der Waals surface area (Å²) < 4.78 is 4.52. The van der Waals surface area contributed by atoms with Crippen LogP contribution in [0.25, 0.3) is 0 Å². The van der Waals surface area contributed by atoms with E-state index < -0.39 is 16.8 Å². The van der Waals surface area contributed by atoms with Crippen LogP contribution in [0, 0.1) is 0 Å². The molecule has 0 saturated heterocycles. The van der Waals surface area contributed by atoms with Crippen LogP contribution in [0.15, 0.2) is 24.3 Å². The predicted octanol–water partition coefficient (Wildman–Crippen LogP) is 1.99. The van der Waals surface area contributed by atoms with Crippen LogP contribution >= 0.6 is 15.9 Å². The van der Waals surface area contributed by atoms with Crippen molar-refractivity contribution >= 4 is 27.9 Å². The SMILES string of the molecule is COC(=O)C(Br)c1ccccc1C(=O)O. The lowest BCUT2D eigenvalue weighted by Crippen LogP contribution is -2.12. The van der Waals surface area contributed by atoms with Crippen LogP contribution in [0.3, 0.4) is 0 Å². The number of carboxylic acids is 1. The maximum atomic E-state index is 11.2. The molecule has 0 aromatic heterocycles. The van der Waals surface area contributed by atoms with E-state index in [1.54, 1.807) is 18.2 Å². The number of carboxylic acid groups (broad SMARTS) is 1. The summed E-state index contributed by atoms with van der Waals surface area (Å²) in [5, 5.41) is 8.90. The number of carbonyl (C=O) groups excluding carboxylic acids is 1. The first kappa shape index (κ1) is 11.7. The first-order valence-corrected chi connectivity index (χ1v) is 5.03. The highest BCUT2D eigenvalue weighted by atomic mass is 79.9. The second-order valence-electron chi connectivity index (χ2n) is 2.78. The molecule has 1 N–H and O–H groups in total. The Balaban J connectivity index is 3.13. The molecule has 1 aromatic carbocycles. The summed E-state index contributed by atoms with van der Waals surface area (Å²) in [6.07, 6.45) is 0. The number of rotatable bonds is 3. The van der Waals surface area contributed by atoms with Gasteiger partial charge >= 0.3 is 11.9 Å². The molecule has 15 heavy (non-hydrogen) atoms. The van der Waals surface area contributed by atoms with Gasteiger partial charge in [-0.1, -0.05) is 34.1 Å². The molecule has 0 saturated carbocycles. The molecule has 0 radical (unpaired) electrons. The highest BCUT2D eigenvalue weighted by Crippen LogP contribution is 2.27. The monoisotopic (exact) mass is 272 g/mol. The molecule has 0 bridgehead atoms. The van der Waals surface area contributed by atoms with Crippen molar-refractivity contribution in [3.05, 3.63) is 35.4 Å². The maximum absolute atomic E-state index is 11.2. The van der Waals surface area contributed by atoms with E-state index in [0.29, 0.717) is 5.56 Å². The largest absolute Gasteiger partial charge is 0.478 e. The average Bonchev–Trinajstić information content (AvgIpc) is 2.27. The van der Waals surface area contributed by atoms with Crippen LogP contribution in [0.4, 0.5) is 0 Å². The number of benzene rings is 1. The Hall–Kier alpha value is -1.36. The molecule has 80 valence electrons. The van der Waals surface area contributed by atoms with Gasteiger partial charge in [-0.2, -0.15) is 0 Å².